The first-order valence-electron chi connectivity index (χ1n) is 5.38. The third kappa shape index (κ3) is 2.07. The molecule has 0 saturated carbocycles. The number of hydrogen-bond donors (Lipinski definition) is 1. The minimum Gasteiger partial charge on any atom is -0.478 e. The summed E-state index contributed by atoms with van der Waals surface area (Å²) >= 11 is 3.47. The predicted molar refractivity (Wildman–Crippen MR) is 67.3 cm³/mol. The number of hydrogen-bond acceptors (Lipinski definition) is 2. The van der Waals surface area contributed by atoms with Gasteiger partial charge in [-0.05, 0) is 53.4 Å². The highest BCUT2D eigenvalue weighted by atomic mass is 79.9. The van der Waals surface area contributed by atoms with Gasteiger partial charge in [0.15, 0.2) is 0 Å². The minimum absolute atomic E-state index is 0.340. The molecule has 0 aromatic heterocycles. The molecule has 0 amide bonds. The first-order chi connectivity index (χ1) is 7.59. The number of halogens is 1. The maximum Gasteiger partial charge on any atom is 0.335 e. The van der Waals surface area contributed by atoms with E-state index in [-0.39, 0.29) is 0 Å². The minimum atomic E-state index is -0.878. The van der Waals surface area contributed by atoms with Crippen molar-refractivity contribution in [1.29, 1.82) is 0 Å². The maximum atomic E-state index is 10.9. The Hall–Kier alpha value is -1.03. The molecule has 1 aliphatic heterocycles. The third-order valence-electron chi connectivity index (χ3n) is 2.92. The summed E-state index contributed by atoms with van der Waals surface area (Å²) in [6.07, 6.45) is 2.43. The molecule has 1 N–H and O–H groups in total. The van der Waals surface area contributed by atoms with E-state index in [9.17, 15) is 4.79 Å². The molecule has 0 atom stereocenters. The number of benzene rings is 1. The topological polar surface area (TPSA) is 40.5 Å². The van der Waals surface area contributed by atoms with Crippen LogP contribution in [0, 0.1) is 6.92 Å². The van der Waals surface area contributed by atoms with Crippen molar-refractivity contribution in [2.45, 2.75) is 19.8 Å². The molecule has 0 bridgehead atoms. The zero-order valence-corrected chi connectivity index (χ0v) is 10.7. The van der Waals surface area contributed by atoms with E-state index in [0.29, 0.717) is 5.56 Å². The summed E-state index contributed by atoms with van der Waals surface area (Å²) in [4.78, 5) is 13.2. The molecule has 86 valence electrons. The van der Waals surface area contributed by atoms with Crippen LogP contribution < -0.4 is 4.90 Å². The zero-order chi connectivity index (χ0) is 11.7. The van der Waals surface area contributed by atoms with Gasteiger partial charge in [-0.3, -0.25) is 0 Å². The Balaban J connectivity index is 2.42. The van der Waals surface area contributed by atoms with Gasteiger partial charge in [-0.15, -0.1) is 0 Å². The molecule has 1 heterocycles. The monoisotopic (exact) mass is 283 g/mol. The average molecular weight is 284 g/mol. The molecule has 16 heavy (non-hydrogen) atoms. The lowest BCUT2D eigenvalue weighted by molar-refractivity contribution is 0.0696. The normalized spacial score (nSPS) is 15.5. The van der Waals surface area contributed by atoms with Crippen molar-refractivity contribution in [2.75, 3.05) is 18.0 Å². The number of anilines is 1. The number of rotatable bonds is 2. The van der Waals surface area contributed by atoms with Gasteiger partial charge >= 0.3 is 5.97 Å². The van der Waals surface area contributed by atoms with Gasteiger partial charge < -0.3 is 10.0 Å². The van der Waals surface area contributed by atoms with Crippen LogP contribution in [0.15, 0.2) is 16.6 Å². The molecular weight excluding hydrogens is 270 g/mol. The molecule has 2 rings (SSSR count). The summed E-state index contributed by atoms with van der Waals surface area (Å²) in [6.45, 7) is 4.09. The smallest absolute Gasteiger partial charge is 0.335 e. The summed E-state index contributed by atoms with van der Waals surface area (Å²) in [5.41, 5.74) is 2.50. The molecule has 0 unspecified atom stereocenters. The zero-order valence-electron chi connectivity index (χ0n) is 9.16. The average Bonchev–Trinajstić information content (AvgIpc) is 2.69. The van der Waals surface area contributed by atoms with E-state index >= 15 is 0 Å². The van der Waals surface area contributed by atoms with Crippen molar-refractivity contribution in [3.8, 4) is 0 Å². The van der Waals surface area contributed by atoms with Gasteiger partial charge in [0, 0.05) is 17.6 Å². The number of carboxylic acid groups (broad SMARTS) is 1. The molecule has 1 aromatic rings. The molecule has 3 nitrogen and oxygen atoms in total. The quantitative estimate of drug-likeness (QED) is 0.907. The largest absolute Gasteiger partial charge is 0.478 e. The van der Waals surface area contributed by atoms with Crippen molar-refractivity contribution in [1.82, 2.24) is 0 Å². The number of aryl methyl sites for hydroxylation is 1. The van der Waals surface area contributed by atoms with Gasteiger partial charge in [-0.1, -0.05) is 0 Å². The van der Waals surface area contributed by atoms with E-state index in [2.05, 4.69) is 20.8 Å². The van der Waals surface area contributed by atoms with Gasteiger partial charge in [0.25, 0.3) is 0 Å². The van der Waals surface area contributed by atoms with E-state index in [0.717, 1.165) is 28.8 Å². The molecule has 1 aromatic carbocycles. The van der Waals surface area contributed by atoms with Crippen LogP contribution in [0.5, 0.6) is 0 Å². The van der Waals surface area contributed by atoms with Gasteiger partial charge in [0.2, 0.25) is 0 Å². The standard InChI is InChI=1S/C12H14BrNO2/c1-8-6-9(12(15)16)7-10(13)11(8)14-4-2-3-5-14/h6-7H,2-5H2,1H3,(H,15,16). The van der Waals surface area contributed by atoms with E-state index in [4.69, 9.17) is 5.11 Å². The summed E-state index contributed by atoms with van der Waals surface area (Å²) in [5, 5.41) is 8.96. The molecule has 1 saturated heterocycles. The SMILES string of the molecule is Cc1cc(C(=O)O)cc(Br)c1N1CCCC1. The van der Waals surface area contributed by atoms with E-state index in [1.54, 1.807) is 12.1 Å². The fourth-order valence-electron chi connectivity index (χ4n) is 2.20. The number of carboxylic acids is 1. The Bertz CT molecular complexity index is 402. The highest BCUT2D eigenvalue weighted by Gasteiger charge is 2.18. The first kappa shape index (κ1) is 11.5. The van der Waals surface area contributed by atoms with Crippen LogP contribution in [0.1, 0.15) is 28.8 Å². The van der Waals surface area contributed by atoms with Crippen LogP contribution in [-0.4, -0.2) is 24.2 Å². The van der Waals surface area contributed by atoms with Crippen LogP contribution in [0.4, 0.5) is 5.69 Å². The molecule has 0 radical (unpaired) electrons. The molecule has 4 heteroatoms. The Morgan fingerprint density at radius 1 is 1.38 bits per heavy atom. The fourth-order valence-corrected chi connectivity index (χ4v) is 3.01. The van der Waals surface area contributed by atoms with E-state index in [1.165, 1.54) is 12.8 Å². The first-order valence-corrected chi connectivity index (χ1v) is 6.17. The van der Waals surface area contributed by atoms with Crippen LogP contribution in [0.25, 0.3) is 0 Å². The molecule has 0 spiro atoms. The maximum absolute atomic E-state index is 10.9. The van der Waals surface area contributed by atoms with Crippen LogP contribution in [0.2, 0.25) is 0 Å². The van der Waals surface area contributed by atoms with Gasteiger partial charge in [0.1, 0.15) is 0 Å². The summed E-state index contributed by atoms with van der Waals surface area (Å²) in [6, 6.07) is 3.42. The summed E-state index contributed by atoms with van der Waals surface area (Å²) in [7, 11) is 0. The number of nitrogens with zero attached hydrogens (tertiary/aromatic N) is 1. The van der Waals surface area contributed by atoms with Gasteiger partial charge in [0.05, 0.1) is 11.3 Å². The van der Waals surface area contributed by atoms with E-state index < -0.39 is 5.97 Å². The Kier molecular flexibility index (Phi) is 3.19. The highest BCUT2D eigenvalue weighted by Crippen LogP contribution is 2.33. The Labute approximate surface area is 103 Å². The predicted octanol–water partition coefficient (Wildman–Crippen LogP) is 3.06. The van der Waals surface area contributed by atoms with Crippen molar-refractivity contribution in [2.24, 2.45) is 0 Å². The van der Waals surface area contributed by atoms with Crippen LogP contribution in [-0.2, 0) is 0 Å². The highest BCUT2D eigenvalue weighted by molar-refractivity contribution is 9.10. The molecule has 1 aliphatic rings. The second-order valence-corrected chi connectivity index (χ2v) is 4.98. The number of carbonyl (C=O) groups is 1. The fraction of sp³-hybridized carbons (Fsp3) is 0.417. The Morgan fingerprint density at radius 2 is 2.00 bits per heavy atom. The summed E-state index contributed by atoms with van der Waals surface area (Å²) in [5.74, 6) is -0.878. The van der Waals surface area contributed by atoms with Crippen LogP contribution in [0.3, 0.4) is 0 Å². The Morgan fingerprint density at radius 3 is 2.50 bits per heavy atom. The van der Waals surface area contributed by atoms with Crippen molar-refractivity contribution < 1.29 is 9.90 Å². The second-order valence-electron chi connectivity index (χ2n) is 4.12. The lowest BCUT2D eigenvalue weighted by Gasteiger charge is -2.22. The molecule has 0 aliphatic carbocycles. The van der Waals surface area contributed by atoms with E-state index in [1.807, 2.05) is 6.92 Å². The van der Waals surface area contributed by atoms with Crippen molar-refractivity contribution >= 4 is 27.6 Å². The van der Waals surface area contributed by atoms with Crippen molar-refractivity contribution in [3.05, 3.63) is 27.7 Å². The second kappa shape index (κ2) is 4.45. The van der Waals surface area contributed by atoms with Crippen LogP contribution >= 0.6 is 15.9 Å². The lowest BCUT2D eigenvalue weighted by Crippen LogP contribution is -2.19. The van der Waals surface area contributed by atoms with Crippen molar-refractivity contribution in [3.63, 3.8) is 0 Å². The number of aromatic carboxylic acids is 1. The van der Waals surface area contributed by atoms with Gasteiger partial charge in [-0.25, -0.2) is 4.79 Å². The molecule has 1 fully saturated rings. The third-order valence-corrected chi connectivity index (χ3v) is 3.53. The molecular formula is C12H14BrNO2. The lowest BCUT2D eigenvalue weighted by atomic mass is 10.1. The van der Waals surface area contributed by atoms with Gasteiger partial charge in [-0.2, -0.15) is 0 Å². The summed E-state index contributed by atoms with van der Waals surface area (Å²) < 4.78 is 0.881.